The number of halogens is 3. The Kier molecular flexibility index (Phi) is 9.47. The third-order valence-corrected chi connectivity index (χ3v) is 9.70. The Hall–Kier alpha value is -4.22. The molecule has 0 N–H and O–H groups in total. The number of imidazole rings is 1. The first kappa shape index (κ1) is 34.2. The third-order valence-electron chi connectivity index (χ3n) is 9.70. The van der Waals surface area contributed by atoms with Gasteiger partial charge in [0.1, 0.15) is 19.0 Å². The van der Waals surface area contributed by atoms with Crippen molar-refractivity contribution in [2.24, 2.45) is 5.41 Å². The van der Waals surface area contributed by atoms with E-state index in [1.807, 2.05) is 18.2 Å². The number of benzene rings is 2. The molecule has 11 heteroatoms. The molecular formula is C39H45F3N6O2. The maximum Gasteiger partial charge on any atom is 0.408 e. The minimum Gasteiger partial charge on any atom is -0.473 e. The smallest absolute Gasteiger partial charge is 0.408 e. The summed E-state index contributed by atoms with van der Waals surface area (Å²) in [5.41, 5.74) is 6.81. The lowest BCUT2D eigenvalue weighted by Gasteiger charge is -2.32. The molecule has 3 aromatic heterocycles. The number of ether oxygens (including phenoxy) is 2. The van der Waals surface area contributed by atoms with Gasteiger partial charge in [-0.2, -0.15) is 18.3 Å². The van der Waals surface area contributed by atoms with Gasteiger partial charge in [-0.1, -0.05) is 51.6 Å². The van der Waals surface area contributed by atoms with Crippen molar-refractivity contribution < 1.29 is 22.6 Å². The fourth-order valence-corrected chi connectivity index (χ4v) is 7.08. The number of hydrogen-bond donors (Lipinski definition) is 0. The van der Waals surface area contributed by atoms with Gasteiger partial charge in [0.15, 0.2) is 0 Å². The highest BCUT2D eigenvalue weighted by Crippen LogP contribution is 2.33. The van der Waals surface area contributed by atoms with Crippen LogP contribution in [0.1, 0.15) is 75.0 Å². The maximum atomic E-state index is 13.0. The van der Waals surface area contributed by atoms with E-state index in [1.54, 1.807) is 12.1 Å². The van der Waals surface area contributed by atoms with Crippen LogP contribution in [0, 0.1) is 5.41 Å². The first-order valence-corrected chi connectivity index (χ1v) is 17.5. The number of pyridine rings is 1. The fraction of sp³-hybridized carbons (Fsp3) is 0.462. The van der Waals surface area contributed by atoms with Gasteiger partial charge in [-0.25, -0.2) is 9.97 Å². The average molecular weight is 687 g/mol. The predicted molar refractivity (Wildman–Crippen MR) is 189 cm³/mol. The number of rotatable bonds is 11. The molecule has 264 valence electrons. The fourth-order valence-electron chi connectivity index (χ4n) is 7.08. The van der Waals surface area contributed by atoms with Crippen molar-refractivity contribution in [2.75, 3.05) is 19.7 Å². The van der Waals surface area contributed by atoms with Crippen LogP contribution in [0.3, 0.4) is 0 Å². The van der Waals surface area contributed by atoms with E-state index in [-0.39, 0.29) is 18.1 Å². The van der Waals surface area contributed by atoms with E-state index in [0.29, 0.717) is 22.7 Å². The first-order chi connectivity index (χ1) is 23.9. The summed E-state index contributed by atoms with van der Waals surface area (Å²) in [7, 11) is 0. The molecule has 2 aromatic carbocycles. The van der Waals surface area contributed by atoms with Gasteiger partial charge in [-0.05, 0) is 85.2 Å². The molecule has 2 aliphatic rings. The van der Waals surface area contributed by atoms with Crippen molar-refractivity contribution in [1.29, 1.82) is 0 Å². The van der Waals surface area contributed by atoms with Crippen molar-refractivity contribution >= 4 is 27.5 Å². The van der Waals surface area contributed by atoms with E-state index in [9.17, 15) is 13.2 Å². The number of piperidine rings is 1. The van der Waals surface area contributed by atoms with Gasteiger partial charge >= 0.3 is 6.18 Å². The summed E-state index contributed by atoms with van der Waals surface area (Å²) < 4.78 is 54.2. The molecule has 0 spiro atoms. The number of alkyl halides is 3. The lowest BCUT2D eigenvalue weighted by molar-refractivity contribution is -0.141. The van der Waals surface area contributed by atoms with Gasteiger partial charge in [0.2, 0.25) is 5.88 Å². The van der Waals surface area contributed by atoms with E-state index in [4.69, 9.17) is 19.4 Å². The predicted octanol–water partition coefficient (Wildman–Crippen LogP) is 8.54. The molecule has 2 aliphatic heterocycles. The summed E-state index contributed by atoms with van der Waals surface area (Å²) in [6, 6.07) is 17.7. The highest BCUT2D eigenvalue weighted by Gasteiger charge is 2.29. The lowest BCUT2D eigenvalue weighted by atomic mass is 9.86. The molecule has 0 bridgehead atoms. The molecule has 1 atom stereocenters. The molecule has 0 radical (unpaired) electrons. The van der Waals surface area contributed by atoms with Crippen LogP contribution in [0.15, 0.2) is 67.4 Å². The van der Waals surface area contributed by atoms with Crippen molar-refractivity contribution in [3.63, 3.8) is 0 Å². The molecule has 8 nitrogen and oxygen atoms in total. The number of hydrogen-bond acceptors (Lipinski definition) is 6. The minimum absolute atomic E-state index is 0.166. The summed E-state index contributed by atoms with van der Waals surface area (Å²) in [5.74, 6) is 1.88. The lowest BCUT2D eigenvalue weighted by Crippen LogP contribution is -2.35. The zero-order valence-electron chi connectivity index (χ0n) is 29.0. The monoisotopic (exact) mass is 686 g/mol. The standard InChI is InChI=1S/C39H45F3N6O2/c1-26(20-38(2,3)4)29-10-11-33-35(19-29)47(22-31-14-17-49-31)36(44-33)23-46-15-12-28(13-16-46)32-6-5-7-37(45-32)50-24-27-8-9-30-21-43-48(34(30)18-27)25-39(40,41)42/h5-11,18-19,21,28,31H,1,12-17,20,22-25H2,2-4H3. The Morgan fingerprint density at radius 3 is 2.50 bits per heavy atom. The summed E-state index contributed by atoms with van der Waals surface area (Å²) >= 11 is 0. The van der Waals surface area contributed by atoms with E-state index in [1.165, 1.54) is 11.8 Å². The highest BCUT2D eigenvalue weighted by atomic mass is 19.4. The number of allylic oxidation sites excluding steroid dienone is 1. The average Bonchev–Trinajstić information content (AvgIpc) is 3.60. The maximum absolute atomic E-state index is 13.0. The quantitative estimate of drug-likeness (QED) is 0.139. The van der Waals surface area contributed by atoms with Crippen molar-refractivity contribution in [3.05, 3.63) is 90.0 Å². The van der Waals surface area contributed by atoms with Crippen molar-refractivity contribution in [1.82, 2.24) is 29.2 Å². The molecule has 2 saturated heterocycles. The second-order valence-corrected chi connectivity index (χ2v) is 15.0. The van der Waals surface area contributed by atoms with Crippen LogP contribution in [-0.4, -0.2) is 61.2 Å². The Labute approximate surface area is 290 Å². The molecule has 5 heterocycles. The molecule has 50 heavy (non-hydrogen) atoms. The topological polar surface area (TPSA) is 70.2 Å². The van der Waals surface area contributed by atoms with Crippen molar-refractivity contribution in [3.8, 4) is 5.88 Å². The molecule has 0 aliphatic carbocycles. The first-order valence-electron chi connectivity index (χ1n) is 17.5. The SMILES string of the molecule is C=C(CC(C)(C)C)c1ccc2nc(CN3CCC(c4cccc(OCc5ccc6cnn(CC(F)(F)F)c6c5)n4)CC3)n(CC3CCO3)c2c1. The van der Waals surface area contributed by atoms with Crippen LogP contribution in [0.5, 0.6) is 5.88 Å². The molecule has 0 amide bonds. The van der Waals surface area contributed by atoms with Crippen LogP contribution in [0.25, 0.3) is 27.5 Å². The second kappa shape index (κ2) is 13.8. The van der Waals surface area contributed by atoms with Crippen LogP contribution in [0.4, 0.5) is 13.2 Å². The molecule has 2 fully saturated rings. The molecule has 0 saturated carbocycles. The van der Waals surface area contributed by atoms with E-state index in [2.05, 4.69) is 66.2 Å². The Morgan fingerprint density at radius 2 is 1.78 bits per heavy atom. The highest BCUT2D eigenvalue weighted by molar-refractivity contribution is 5.81. The zero-order chi connectivity index (χ0) is 35.0. The largest absolute Gasteiger partial charge is 0.473 e. The summed E-state index contributed by atoms with van der Waals surface area (Å²) in [6.45, 7) is 14.5. The summed E-state index contributed by atoms with van der Waals surface area (Å²) in [4.78, 5) is 12.4. The van der Waals surface area contributed by atoms with E-state index in [0.717, 1.165) is 96.8 Å². The molecule has 1 unspecified atom stereocenters. The van der Waals surface area contributed by atoms with Crippen LogP contribution in [0.2, 0.25) is 0 Å². The number of fused-ring (bicyclic) bond motifs is 2. The van der Waals surface area contributed by atoms with Gasteiger partial charge in [0, 0.05) is 29.7 Å². The molecule has 7 rings (SSSR count). The normalized spacial score (nSPS) is 17.8. The molecular weight excluding hydrogens is 641 g/mol. The second-order valence-electron chi connectivity index (χ2n) is 15.0. The van der Waals surface area contributed by atoms with Gasteiger partial charge in [0.25, 0.3) is 0 Å². The zero-order valence-corrected chi connectivity index (χ0v) is 29.0. The van der Waals surface area contributed by atoms with Gasteiger partial charge in [-0.3, -0.25) is 9.58 Å². The van der Waals surface area contributed by atoms with Gasteiger partial charge in [0.05, 0.1) is 41.9 Å². The number of nitrogens with zero attached hydrogens (tertiary/aromatic N) is 6. The van der Waals surface area contributed by atoms with Gasteiger partial charge < -0.3 is 14.0 Å². The third kappa shape index (κ3) is 8.05. The van der Waals surface area contributed by atoms with Crippen LogP contribution in [-0.2, 0) is 31.0 Å². The summed E-state index contributed by atoms with van der Waals surface area (Å²) in [5, 5.41) is 4.56. The number of aromatic nitrogens is 5. The van der Waals surface area contributed by atoms with Crippen molar-refractivity contribution in [2.45, 2.75) is 90.9 Å². The summed E-state index contributed by atoms with van der Waals surface area (Å²) in [6.07, 6.45) is 1.27. The molecule has 5 aromatic rings. The van der Waals surface area contributed by atoms with Crippen LogP contribution >= 0.6 is 0 Å². The van der Waals surface area contributed by atoms with E-state index >= 15 is 0 Å². The Balaban J connectivity index is 0.992. The Morgan fingerprint density at radius 1 is 0.980 bits per heavy atom. The Bertz CT molecular complexity index is 1980. The van der Waals surface area contributed by atoms with Gasteiger partial charge in [-0.15, -0.1) is 0 Å². The minimum atomic E-state index is -4.35. The van der Waals surface area contributed by atoms with Crippen LogP contribution < -0.4 is 4.74 Å². The number of likely N-dealkylation sites (tertiary alicyclic amines) is 1. The van der Waals surface area contributed by atoms with E-state index < -0.39 is 12.7 Å².